The third-order valence-electron chi connectivity index (χ3n) is 3.39. The number of allylic oxidation sites excluding steroid dienone is 1. The van der Waals surface area contributed by atoms with Gasteiger partial charge in [-0.3, -0.25) is 4.79 Å². The number of rotatable bonds is 6. The lowest BCUT2D eigenvalue weighted by atomic mass is 10.1. The first kappa shape index (κ1) is 15.8. The molecule has 0 amide bonds. The van der Waals surface area contributed by atoms with Crippen molar-refractivity contribution >= 4 is 23.2 Å². The molecule has 0 atom stereocenters. The molecule has 2 aromatic rings. The highest BCUT2D eigenvalue weighted by Crippen LogP contribution is 2.15. The van der Waals surface area contributed by atoms with E-state index in [2.05, 4.69) is 0 Å². The second-order valence-corrected chi connectivity index (χ2v) is 5.06. The van der Waals surface area contributed by atoms with Gasteiger partial charge in [-0.15, -0.1) is 0 Å². The van der Waals surface area contributed by atoms with Crippen molar-refractivity contribution in [3.05, 3.63) is 65.7 Å². The van der Waals surface area contributed by atoms with E-state index >= 15 is 0 Å². The standard InChI is InChI=1S/C18H20N2O2/c1-20(12-13-21)17-9-2-14(3-10-17)4-11-18(22)15-5-7-16(19)8-6-15/h2-11,21H,12-13,19H2,1H3. The maximum Gasteiger partial charge on any atom is 0.185 e. The van der Waals surface area contributed by atoms with Gasteiger partial charge in [-0.1, -0.05) is 18.2 Å². The summed E-state index contributed by atoms with van der Waals surface area (Å²) in [6.45, 7) is 0.707. The highest BCUT2D eigenvalue weighted by Gasteiger charge is 2.02. The summed E-state index contributed by atoms with van der Waals surface area (Å²) in [5, 5.41) is 8.93. The summed E-state index contributed by atoms with van der Waals surface area (Å²) >= 11 is 0. The van der Waals surface area contributed by atoms with Crippen molar-refractivity contribution in [1.82, 2.24) is 0 Å². The number of carbonyl (C=O) groups excluding carboxylic acids is 1. The number of carbonyl (C=O) groups is 1. The van der Waals surface area contributed by atoms with Crippen LogP contribution in [0.1, 0.15) is 15.9 Å². The first-order chi connectivity index (χ1) is 10.6. The topological polar surface area (TPSA) is 66.6 Å². The molecule has 0 aliphatic rings. The van der Waals surface area contributed by atoms with Crippen molar-refractivity contribution in [3.63, 3.8) is 0 Å². The number of hydrogen-bond donors (Lipinski definition) is 2. The first-order valence-corrected chi connectivity index (χ1v) is 7.10. The van der Waals surface area contributed by atoms with E-state index in [0.29, 0.717) is 17.8 Å². The lowest BCUT2D eigenvalue weighted by molar-refractivity contribution is 0.104. The highest BCUT2D eigenvalue weighted by molar-refractivity contribution is 6.06. The second-order valence-electron chi connectivity index (χ2n) is 5.06. The van der Waals surface area contributed by atoms with Gasteiger partial charge in [-0.05, 0) is 48.0 Å². The molecule has 2 rings (SSSR count). The van der Waals surface area contributed by atoms with Gasteiger partial charge in [-0.2, -0.15) is 0 Å². The molecule has 22 heavy (non-hydrogen) atoms. The van der Waals surface area contributed by atoms with Gasteiger partial charge in [0, 0.05) is 30.5 Å². The maximum atomic E-state index is 12.0. The predicted octanol–water partition coefficient (Wildman–Crippen LogP) is 2.59. The minimum absolute atomic E-state index is 0.0542. The summed E-state index contributed by atoms with van der Waals surface area (Å²) in [6, 6.07) is 14.7. The summed E-state index contributed by atoms with van der Waals surface area (Å²) in [4.78, 5) is 14.0. The SMILES string of the molecule is CN(CCO)c1ccc(C=CC(=O)c2ccc(N)cc2)cc1. The lowest BCUT2D eigenvalue weighted by Crippen LogP contribution is -2.20. The van der Waals surface area contributed by atoms with Crippen LogP contribution in [0, 0.1) is 0 Å². The Morgan fingerprint density at radius 2 is 1.77 bits per heavy atom. The van der Waals surface area contributed by atoms with E-state index in [4.69, 9.17) is 10.8 Å². The van der Waals surface area contributed by atoms with Crippen LogP contribution in [-0.4, -0.2) is 31.1 Å². The molecular formula is C18H20N2O2. The second kappa shape index (κ2) is 7.43. The molecule has 0 unspecified atom stereocenters. The van der Waals surface area contributed by atoms with Crippen LogP contribution in [-0.2, 0) is 0 Å². The molecule has 0 aromatic heterocycles. The van der Waals surface area contributed by atoms with E-state index in [1.165, 1.54) is 0 Å². The fraction of sp³-hybridized carbons (Fsp3) is 0.167. The Labute approximate surface area is 130 Å². The lowest BCUT2D eigenvalue weighted by Gasteiger charge is -2.17. The van der Waals surface area contributed by atoms with Gasteiger partial charge in [0.1, 0.15) is 0 Å². The predicted molar refractivity (Wildman–Crippen MR) is 91.0 cm³/mol. The molecule has 0 saturated carbocycles. The van der Waals surface area contributed by atoms with E-state index in [1.54, 1.807) is 36.4 Å². The van der Waals surface area contributed by atoms with Crippen LogP contribution in [0.5, 0.6) is 0 Å². The van der Waals surface area contributed by atoms with Gasteiger partial charge in [0.15, 0.2) is 5.78 Å². The number of nitrogen functional groups attached to an aromatic ring is 1. The molecule has 2 aromatic carbocycles. The Morgan fingerprint density at radius 1 is 1.14 bits per heavy atom. The number of hydrogen-bond acceptors (Lipinski definition) is 4. The zero-order chi connectivity index (χ0) is 15.9. The smallest absolute Gasteiger partial charge is 0.185 e. The normalized spacial score (nSPS) is 10.8. The number of benzene rings is 2. The van der Waals surface area contributed by atoms with Gasteiger partial charge in [-0.25, -0.2) is 0 Å². The number of anilines is 2. The average molecular weight is 296 g/mol. The summed E-state index contributed by atoms with van der Waals surface area (Å²) in [6.07, 6.45) is 3.34. The molecule has 4 heteroatoms. The Hall–Kier alpha value is -2.59. The van der Waals surface area contributed by atoms with Gasteiger partial charge < -0.3 is 15.7 Å². The van der Waals surface area contributed by atoms with Crippen LogP contribution >= 0.6 is 0 Å². The van der Waals surface area contributed by atoms with Crippen molar-refractivity contribution in [3.8, 4) is 0 Å². The van der Waals surface area contributed by atoms with E-state index in [0.717, 1.165) is 11.3 Å². The van der Waals surface area contributed by atoms with Crippen LogP contribution in [0.25, 0.3) is 6.08 Å². The average Bonchev–Trinajstić information content (AvgIpc) is 2.54. The largest absolute Gasteiger partial charge is 0.399 e. The third kappa shape index (κ3) is 4.20. The maximum absolute atomic E-state index is 12.0. The molecule has 0 fully saturated rings. The van der Waals surface area contributed by atoms with Gasteiger partial charge in [0.2, 0.25) is 0 Å². The molecular weight excluding hydrogens is 276 g/mol. The van der Waals surface area contributed by atoms with E-state index < -0.39 is 0 Å². The molecule has 0 saturated heterocycles. The van der Waals surface area contributed by atoms with E-state index in [9.17, 15) is 4.79 Å². The van der Waals surface area contributed by atoms with Gasteiger partial charge in [0.25, 0.3) is 0 Å². The highest BCUT2D eigenvalue weighted by atomic mass is 16.3. The molecule has 0 radical (unpaired) electrons. The quantitative estimate of drug-likeness (QED) is 0.488. The van der Waals surface area contributed by atoms with Crippen LogP contribution < -0.4 is 10.6 Å². The molecule has 114 valence electrons. The van der Waals surface area contributed by atoms with Crippen molar-refractivity contribution in [2.24, 2.45) is 0 Å². The number of nitrogens with zero attached hydrogens (tertiary/aromatic N) is 1. The Morgan fingerprint density at radius 3 is 2.36 bits per heavy atom. The van der Waals surface area contributed by atoms with E-state index in [1.807, 2.05) is 36.2 Å². The Balaban J connectivity index is 2.03. The van der Waals surface area contributed by atoms with Crippen molar-refractivity contribution in [2.45, 2.75) is 0 Å². The van der Waals surface area contributed by atoms with Crippen molar-refractivity contribution in [2.75, 3.05) is 30.8 Å². The molecule has 3 N–H and O–H groups in total. The molecule has 0 heterocycles. The van der Waals surface area contributed by atoms with Crippen molar-refractivity contribution in [1.29, 1.82) is 0 Å². The molecule has 0 aliphatic heterocycles. The van der Waals surface area contributed by atoms with Crippen LogP contribution in [0.3, 0.4) is 0 Å². The van der Waals surface area contributed by atoms with Crippen molar-refractivity contribution < 1.29 is 9.90 Å². The first-order valence-electron chi connectivity index (χ1n) is 7.10. The Kier molecular flexibility index (Phi) is 5.33. The molecule has 0 aliphatic carbocycles. The van der Waals surface area contributed by atoms with Crippen LogP contribution in [0.4, 0.5) is 11.4 Å². The van der Waals surface area contributed by atoms with Gasteiger partial charge >= 0.3 is 0 Å². The summed E-state index contributed by atoms with van der Waals surface area (Å²) < 4.78 is 0. The molecule has 4 nitrogen and oxygen atoms in total. The summed E-state index contributed by atoms with van der Waals surface area (Å²) in [7, 11) is 1.92. The van der Waals surface area contributed by atoms with E-state index in [-0.39, 0.29) is 12.4 Å². The number of likely N-dealkylation sites (N-methyl/N-ethyl adjacent to an activating group) is 1. The number of aliphatic hydroxyl groups excluding tert-OH is 1. The zero-order valence-corrected chi connectivity index (χ0v) is 12.6. The number of aliphatic hydroxyl groups is 1. The Bertz CT molecular complexity index is 646. The summed E-state index contributed by atoms with van der Waals surface area (Å²) in [5.74, 6) is -0.0542. The monoisotopic (exact) mass is 296 g/mol. The number of ketones is 1. The van der Waals surface area contributed by atoms with Crippen LogP contribution in [0.2, 0.25) is 0 Å². The van der Waals surface area contributed by atoms with Gasteiger partial charge in [0.05, 0.1) is 6.61 Å². The third-order valence-corrected chi connectivity index (χ3v) is 3.39. The molecule has 0 spiro atoms. The minimum Gasteiger partial charge on any atom is -0.399 e. The fourth-order valence-electron chi connectivity index (χ4n) is 2.03. The fourth-order valence-corrected chi connectivity index (χ4v) is 2.03. The summed E-state index contributed by atoms with van der Waals surface area (Å²) in [5.41, 5.74) is 8.83. The number of nitrogens with two attached hydrogens (primary N) is 1. The molecule has 0 bridgehead atoms. The van der Waals surface area contributed by atoms with Crippen LogP contribution in [0.15, 0.2) is 54.6 Å². The zero-order valence-electron chi connectivity index (χ0n) is 12.6. The minimum atomic E-state index is -0.0542.